The fourth-order valence-corrected chi connectivity index (χ4v) is 5.61. The molecule has 6 aromatic rings. The molecular weight excluding hydrogens is 475 g/mol. The lowest BCUT2D eigenvalue weighted by atomic mass is 10.1. The van der Waals surface area contributed by atoms with Gasteiger partial charge in [0, 0.05) is 30.7 Å². The van der Waals surface area contributed by atoms with Crippen LogP contribution >= 0.6 is 11.3 Å². The highest BCUT2D eigenvalue weighted by atomic mass is 32.1. The van der Waals surface area contributed by atoms with E-state index >= 15 is 4.39 Å². The molecule has 7 heterocycles. The van der Waals surface area contributed by atoms with Gasteiger partial charge in [-0.05, 0) is 55.1 Å². The van der Waals surface area contributed by atoms with Gasteiger partial charge in [-0.2, -0.15) is 5.10 Å². The molecule has 6 aromatic heterocycles. The summed E-state index contributed by atoms with van der Waals surface area (Å²) in [7, 11) is 0. The molecular formula is C26H21FN8S. The molecule has 1 aliphatic heterocycles. The lowest BCUT2D eigenvalue weighted by Gasteiger charge is -2.14. The smallest absolute Gasteiger partial charge is 0.161 e. The van der Waals surface area contributed by atoms with Crippen LogP contribution < -0.4 is 0 Å². The molecule has 1 fully saturated rings. The van der Waals surface area contributed by atoms with Gasteiger partial charge < -0.3 is 4.98 Å². The Kier molecular flexibility index (Phi) is 5.07. The van der Waals surface area contributed by atoms with Crippen molar-refractivity contribution < 1.29 is 4.39 Å². The van der Waals surface area contributed by atoms with Crippen molar-refractivity contribution in [2.45, 2.75) is 19.4 Å². The number of fused-ring (bicyclic) bond motifs is 2. The van der Waals surface area contributed by atoms with Crippen LogP contribution in [-0.4, -0.2) is 53.1 Å². The van der Waals surface area contributed by atoms with Crippen molar-refractivity contribution in [1.82, 2.24) is 40.0 Å². The Labute approximate surface area is 209 Å². The molecule has 7 rings (SSSR count). The van der Waals surface area contributed by atoms with Crippen molar-refractivity contribution in [3.8, 4) is 33.3 Å². The lowest BCUT2D eigenvalue weighted by Crippen LogP contribution is -2.18. The van der Waals surface area contributed by atoms with Gasteiger partial charge in [0.05, 0.1) is 27.5 Å². The summed E-state index contributed by atoms with van der Waals surface area (Å²) in [5.74, 6) is 0.0208. The Morgan fingerprint density at radius 3 is 2.78 bits per heavy atom. The summed E-state index contributed by atoms with van der Waals surface area (Å²) in [5.41, 5.74) is 5.17. The van der Waals surface area contributed by atoms with Crippen LogP contribution in [0.2, 0.25) is 0 Å². The maximum atomic E-state index is 16.0. The number of aromatic nitrogens is 7. The fraction of sp³-hybridized carbons (Fsp3) is 0.192. The number of H-pyrrole nitrogens is 2. The van der Waals surface area contributed by atoms with Crippen LogP contribution in [0.25, 0.3) is 55.3 Å². The second-order valence-corrected chi connectivity index (χ2v) is 9.91. The predicted octanol–water partition coefficient (Wildman–Crippen LogP) is 5.42. The number of nitrogens with one attached hydrogen (secondary N) is 2. The van der Waals surface area contributed by atoms with Gasteiger partial charge in [0.25, 0.3) is 0 Å². The molecule has 0 radical (unpaired) electrons. The Morgan fingerprint density at radius 2 is 1.92 bits per heavy atom. The number of hydrogen-bond donors (Lipinski definition) is 2. The topological polar surface area (TPSA) is 99.3 Å². The first-order chi connectivity index (χ1) is 17.7. The van der Waals surface area contributed by atoms with E-state index in [1.807, 2.05) is 35.8 Å². The summed E-state index contributed by atoms with van der Waals surface area (Å²) in [6.45, 7) is 2.98. The van der Waals surface area contributed by atoms with E-state index in [4.69, 9.17) is 4.98 Å². The highest BCUT2D eigenvalue weighted by Gasteiger charge is 2.22. The van der Waals surface area contributed by atoms with Gasteiger partial charge in [-0.1, -0.05) is 6.07 Å². The number of rotatable bonds is 5. The summed E-state index contributed by atoms with van der Waals surface area (Å²) in [4.78, 5) is 24.8. The third-order valence-corrected chi connectivity index (χ3v) is 7.47. The molecule has 178 valence electrons. The quantitative estimate of drug-likeness (QED) is 0.331. The Balaban J connectivity index is 1.32. The van der Waals surface area contributed by atoms with Crippen LogP contribution in [0, 0.1) is 5.82 Å². The zero-order chi connectivity index (χ0) is 24.1. The van der Waals surface area contributed by atoms with Crippen LogP contribution in [-0.2, 0) is 6.54 Å². The van der Waals surface area contributed by atoms with Gasteiger partial charge in [-0.3, -0.25) is 25.0 Å². The molecule has 10 heteroatoms. The SMILES string of the molecule is Fc1c(-c2cncc(CN3CCCC3)c2)ncc2[nH]nc(-c3nc4c(-c5cccs5)nccc4[nH]3)c12. The van der Waals surface area contributed by atoms with Gasteiger partial charge in [-0.15, -0.1) is 11.3 Å². The Morgan fingerprint density at radius 1 is 1.00 bits per heavy atom. The Hall–Kier alpha value is -4.02. The molecule has 0 aromatic carbocycles. The van der Waals surface area contributed by atoms with E-state index in [-0.39, 0.29) is 5.69 Å². The lowest BCUT2D eigenvalue weighted by molar-refractivity contribution is 0.331. The number of nitrogens with zero attached hydrogens (tertiary/aromatic N) is 6. The molecule has 1 aliphatic rings. The molecule has 0 unspecified atom stereocenters. The number of pyridine rings is 3. The molecule has 8 nitrogen and oxygen atoms in total. The van der Waals surface area contributed by atoms with Crippen molar-refractivity contribution >= 4 is 33.3 Å². The molecule has 0 atom stereocenters. The van der Waals surface area contributed by atoms with E-state index in [1.165, 1.54) is 12.8 Å². The van der Waals surface area contributed by atoms with Crippen LogP contribution in [0.1, 0.15) is 18.4 Å². The van der Waals surface area contributed by atoms with Gasteiger partial charge in [0.1, 0.15) is 22.6 Å². The minimum absolute atomic E-state index is 0.248. The summed E-state index contributed by atoms with van der Waals surface area (Å²) < 4.78 is 16.0. The van der Waals surface area contributed by atoms with Gasteiger partial charge in [-0.25, -0.2) is 9.37 Å². The molecule has 36 heavy (non-hydrogen) atoms. The van der Waals surface area contributed by atoms with Gasteiger partial charge in [0.2, 0.25) is 0 Å². The van der Waals surface area contributed by atoms with Crippen LogP contribution in [0.4, 0.5) is 4.39 Å². The highest BCUT2D eigenvalue weighted by molar-refractivity contribution is 7.13. The van der Waals surface area contributed by atoms with Crippen molar-refractivity contribution in [3.63, 3.8) is 0 Å². The standard InChI is InChI=1S/C26H21FN8S/c27-21-20-18(13-30-22(21)16-10-15(11-28-12-16)14-35-7-1-2-8-35)33-34-25(20)26-31-17-5-6-29-24(23(17)32-26)19-4-3-9-36-19/h3-6,9-13H,1-2,7-8,14H2,(H,31,32)(H,33,34). The van der Waals surface area contributed by atoms with E-state index < -0.39 is 5.82 Å². The first-order valence-electron chi connectivity index (χ1n) is 11.8. The number of thiophene rings is 1. The van der Waals surface area contributed by atoms with Crippen molar-refractivity contribution in [2.24, 2.45) is 0 Å². The largest absolute Gasteiger partial charge is 0.336 e. The van der Waals surface area contributed by atoms with Gasteiger partial charge >= 0.3 is 0 Å². The van der Waals surface area contributed by atoms with E-state index in [2.05, 4.69) is 35.0 Å². The van der Waals surface area contributed by atoms with Crippen molar-refractivity contribution in [1.29, 1.82) is 0 Å². The zero-order valence-corrected chi connectivity index (χ0v) is 20.0. The van der Waals surface area contributed by atoms with E-state index in [1.54, 1.807) is 29.9 Å². The van der Waals surface area contributed by atoms with Gasteiger partial charge in [0.15, 0.2) is 11.6 Å². The Bertz CT molecular complexity index is 1700. The number of likely N-dealkylation sites (tertiary alicyclic amines) is 1. The average molecular weight is 497 g/mol. The number of imidazole rings is 1. The molecule has 1 saturated heterocycles. The first-order valence-corrected chi connectivity index (χ1v) is 12.7. The number of aromatic amines is 2. The second kappa shape index (κ2) is 8.58. The predicted molar refractivity (Wildman–Crippen MR) is 138 cm³/mol. The zero-order valence-electron chi connectivity index (χ0n) is 19.2. The molecule has 0 bridgehead atoms. The summed E-state index contributed by atoms with van der Waals surface area (Å²) >= 11 is 1.60. The monoisotopic (exact) mass is 496 g/mol. The average Bonchev–Trinajstić information content (AvgIpc) is 3.70. The minimum atomic E-state index is -0.451. The number of halogens is 1. The molecule has 0 saturated carbocycles. The third kappa shape index (κ3) is 3.57. The van der Waals surface area contributed by atoms with Crippen LogP contribution in [0.3, 0.4) is 0 Å². The van der Waals surface area contributed by atoms with Crippen molar-refractivity contribution in [2.75, 3.05) is 13.1 Å². The summed E-state index contributed by atoms with van der Waals surface area (Å²) in [5, 5.41) is 9.65. The van der Waals surface area contributed by atoms with Crippen molar-refractivity contribution in [3.05, 3.63) is 65.8 Å². The molecule has 0 amide bonds. The van der Waals surface area contributed by atoms with E-state index in [0.717, 1.165) is 46.8 Å². The molecule has 0 spiro atoms. The normalized spacial score (nSPS) is 14.4. The first kappa shape index (κ1) is 21.3. The maximum Gasteiger partial charge on any atom is 0.161 e. The maximum absolute atomic E-state index is 16.0. The highest BCUT2D eigenvalue weighted by Crippen LogP contribution is 2.34. The summed E-state index contributed by atoms with van der Waals surface area (Å²) in [6.07, 6.45) is 9.29. The van der Waals surface area contributed by atoms with E-state index in [0.29, 0.717) is 28.0 Å². The number of hydrogen-bond acceptors (Lipinski definition) is 7. The van der Waals surface area contributed by atoms with Crippen LogP contribution in [0.15, 0.2) is 54.4 Å². The minimum Gasteiger partial charge on any atom is -0.336 e. The fourth-order valence-electron chi connectivity index (χ4n) is 4.89. The second-order valence-electron chi connectivity index (χ2n) is 8.97. The van der Waals surface area contributed by atoms with E-state index in [9.17, 15) is 0 Å². The third-order valence-electron chi connectivity index (χ3n) is 6.60. The molecule has 2 N–H and O–H groups in total. The molecule has 0 aliphatic carbocycles. The van der Waals surface area contributed by atoms with Crippen LogP contribution in [0.5, 0.6) is 0 Å². The summed E-state index contributed by atoms with van der Waals surface area (Å²) in [6, 6.07) is 7.82.